The third-order valence-electron chi connectivity index (χ3n) is 5.27. The number of amides is 1. The Morgan fingerprint density at radius 3 is 1.97 bits per heavy atom. The van der Waals surface area contributed by atoms with Crippen LogP contribution in [0.5, 0.6) is 23.0 Å². The third kappa shape index (κ3) is 4.74. The highest BCUT2D eigenvalue weighted by molar-refractivity contribution is 5.94. The van der Waals surface area contributed by atoms with Crippen LogP contribution in [0.25, 0.3) is 0 Å². The van der Waals surface area contributed by atoms with Crippen molar-refractivity contribution in [3.8, 4) is 23.0 Å². The number of nitrogens with zero attached hydrogens (tertiary/aromatic N) is 1. The van der Waals surface area contributed by atoms with Crippen molar-refractivity contribution in [2.75, 3.05) is 54.6 Å². The maximum atomic E-state index is 12.7. The molecule has 0 aromatic heterocycles. The van der Waals surface area contributed by atoms with Crippen molar-refractivity contribution in [2.45, 2.75) is 6.54 Å². The Kier molecular flexibility index (Phi) is 6.82. The zero-order chi connectivity index (χ0) is 20.8. The fourth-order valence-electron chi connectivity index (χ4n) is 3.65. The molecule has 0 atom stereocenters. The fourth-order valence-corrected chi connectivity index (χ4v) is 3.65. The van der Waals surface area contributed by atoms with E-state index >= 15 is 0 Å². The normalized spacial score (nSPS) is 14.4. The number of ether oxygens (including phenoxy) is 4. The van der Waals surface area contributed by atoms with E-state index in [9.17, 15) is 4.79 Å². The topological polar surface area (TPSA) is 61.7 Å². The summed E-state index contributed by atoms with van der Waals surface area (Å²) in [5.41, 5.74) is 1.81. The van der Waals surface area contributed by atoms with Gasteiger partial charge in [0.1, 0.15) is 12.3 Å². The number of piperazine rings is 1. The van der Waals surface area contributed by atoms with E-state index < -0.39 is 0 Å². The summed E-state index contributed by atoms with van der Waals surface area (Å²) >= 11 is 0. The van der Waals surface area contributed by atoms with Gasteiger partial charge in [0.2, 0.25) is 5.75 Å². The Hall–Kier alpha value is -2.93. The van der Waals surface area contributed by atoms with Gasteiger partial charge in [0.15, 0.2) is 11.5 Å². The first-order chi connectivity index (χ1) is 14.1. The maximum absolute atomic E-state index is 12.7. The van der Waals surface area contributed by atoms with Gasteiger partial charge < -0.3 is 28.7 Å². The summed E-state index contributed by atoms with van der Waals surface area (Å²) in [4.78, 5) is 16.1. The molecule has 1 fully saturated rings. The molecule has 1 aliphatic rings. The molecule has 0 unspecified atom stereocenters. The van der Waals surface area contributed by atoms with Gasteiger partial charge >= 0.3 is 0 Å². The lowest BCUT2D eigenvalue weighted by molar-refractivity contribution is -0.917. The Morgan fingerprint density at radius 1 is 0.897 bits per heavy atom. The molecule has 1 saturated heterocycles. The zero-order valence-electron chi connectivity index (χ0n) is 17.5. The van der Waals surface area contributed by atoms with Gasteiger partial charge in [-0.25, -0.2) is 0 Å². The summed E-state index contributed by atoms with van der Waals surface area (Å²) in [5.74, 6) is 2.74. The molecule has 7 nitrogen and oxygen atoms in total. The van der Waals surface area contributed by atoms with Crippen molar-refractivity contribution in [1.82, 2.24) is 4.90 Å². The number of rotatable bonds is 7. The molecule has 2 aromatic rings. The van der Waals surface area contributed by atoms with Crippen LogP contribution in [-0.2, 0) is 6.54 Å². The molecule has 1 N–H and O–H groups in total. The average molecular weight is 401 g/mol. The minimum absolute atomic E-state index is 0.0690. The number of methoxy groups -OCH3 is 4. The zero-order valence-corrected chi connectivity index (χ0v) is 17.5. The molecule has 1 aliphatic heterocycles. The lowest BCUT2D eigenvalue weighted by Crippen LogP contribution is -3.13. The van der Waals surface area contributed by atoms with E-state index in [0.717, 1.165) is 44.0 Å². The standard InChI is InChI=1S/C22H28N2O5/c1-26-18-7-5-17(6-8-18)22(25)24-11-9-23(10-12-24)15-16-13-19(27-2)21(29-4)20(14-16)28-3/h5-8,13-14H,9-12,15H2,1-4H3/p+1. The van der Waals surface area contributed by atoms with Crippen LogP contribution in [0, 0.1) is 0 Å². The summed E-state index contributed by atoms with van der Waals surface area (Å²) in [6.07, 6.45) is 0. The molecule has 7 heteroatoms. The Morgan fingerprint density at radius 2 is 1.48 bits per heavy atom. The predicted molar refractivity (Wildman–Crippen MR) is 109 cm³/mol. The second-order valence-corrected chi connectivity index (χ2v) is 6.98. The van der Waals surface area contributed by atoms with Gasteiger partial charge in [-0.1, -0.05) is 0 Å². The summed E-state index contributed by atoms with van der Waals surface area (Å²) < 4.78 is 21.4. The van der Waals surface area contributed by atoms with Gasteiger partial charge in [0.25, 0.3) is 5.91 Å². The number of hydrogen-bond donors (Lipinski definition) is 1. The van der Waals surface area contributed by atoms with Gasteiger partial charge in [-0.2, -0.15) is 0 Å². The van der Waals surface area contributed by atoms with Crippen LogP contribution >= 0.6 is 0 Å². The van der Waals surface area contributed by atoms with Gasteiger partial charge in [0, 0.05) is 11.1 Å². The summed E-state index contributed by atoms with van der Waals surface area (Å²) in [6, 6.07) is 11.2. The van der Waals surface area contributed by atoms with E-state index in [1.807, 2.05) is 41.3 Å². The lowest BCUT2D eigenvalue weighted by atomic mass is 10.1. The summed E-state index contributed by atoms with van der Waals surface area (Å²) in [6.45, 7) is 4.06. The minimum Gasteiger partial charge on any atom is -0.497 e. The molecule has 0 spiro atoms. The summed E-state index contributed by atoms with van der Waals surface area (Å²) in [7, 11) is 6.46. The van der Waals surface area contributed by atoms with Crippen LogP contribution in [0.15, 0.2) is 36.4 Å². The van der Waals surface area contributed by atoms with Crippen LogP contribution in [0.4, 0.5) is 0 Å². The molecule has 0 bridgehead atoms. The number of quaternary nitrogens is 1. The Bertz CT molecular complexity index is 805. The first-order valence-electron chi connectivity index (χ1n) is 9.65. The van der Waals surface area contributed by atoms with E-state index in [2.05, 4.69) is 0 Å². The number of carbonyl (C=O) groups is 1. The lowest BCUT2D eigenvalue weighted by Gasteiger charge is -2.32. The molecular weight excluding hydrogens is 372 g/mol. The van der Waals surface area contributed by atoms with Gasteiger partial charge in [-0.3, -0.25) is 4.79 Å². The monoisotopic (exact) mass is 401 g/mol. The smallest absolute Gasteiger partial charge is 0.254 e. The van der Waals surface area contributed by atoms with E-state index in [4.69, 9.17) is 18.9 Å². The minimum atomic E-state index is 0.0690. The van der Waals surface area contributed by atoms with Crippen molar-refractivity contribution in [3.63, 3.8) is 0 Å². The summed E-state index contributed by atoms with van der Waals surface area (Å²) in [5, 5.41) is 0. The number of hydrogen-bond acceptors (Lipinski definition) is 5. The van der Waals surface area contributed by atoms with Gasteiger partial charge in [-0.15, -0.1) is 0 Å². The number of benzene rings is 2. The maximum Gasteiger partial charge on any atom is 0.254 e. The first-order valence-corrected chi connectivity index (χ1v) is 9.65. The van der Waals surface area contributed by atoms with Crippen molar-refractivity contribution >= 4 is 5.91 Å². The Balaban J connectivity index is 1.61. The van der Waals surface area contributed by atoms with E-state index in [-0.39, 0.29) is 5.91 Å². The highest BCUT2D eigenvalue weighted by Gasteiger charge is 2.25. The van der Waals surface area contributed by atoms with Crippen molar-refractivity contribution in [3.05, 3.63) is 47.5 Å². The molecule has 156 valence electrons. The molecular formula is C22H29N2O5+. The first kappa shape index (κ1) is 20.8. The van der Waals surface area contributed by atoms with Crippen LogP contribution < -0.4 is 23.8 Å². The van der Waals surface area contributed by atoms with Crippen molar-refractivity contribution in [2.24, 2.45) is 0 Å². The molecule has 29 heavy (non-hydrogen) atoms. The second-order valence-electron chi connectivity index (χ2n) is 6.98. The highest BCUT2D eigenvalue weighted by atomic mass is 16.5. The van der Waals surface area contributed by atoms with Gasteiger partial charge in [0.05, 0.1) is 54.6 Å². The fraction of sp³-hybridized carbons (Fsp3) is 0.409. The van der Waals surface area contributed by atoms with Crippen molar-refractivity contribution in [1.29, 1.82) is 0 Å². The van der Waals surface area contributed by atoms with Crippen LogP contribution in [0.2, 0.25) is 0 Å². The quantitative estimate of drug-likeness (QED) is 0.757. The largest absolute Gasteiger partial charge is 0.497 e. The van der Waals surface area contributed by atoms with Crippen LogP contribution in [0.3, 0.4) is 0 Å². The molecule has 0 radical (unpaired) electrons. The van der Waals surface area contributed by atoms with Gasteiger partial charge in [-0.05, 0) is 36.4 Å². The molecule has 0 saturated carbocycles. The van der Waals surface area contributed by atoms with Crippen LogP contribution in [0.1, 0.15) is 15.9 Å². The Labute approximate surface area is 171 Å². The molecule has 1 heterocycles. The molecule has 3 rings (SSSR count). The predicted octanol–water partition coefficient (Wildman–Crippen LogP) is 1.26. The SMILES string of the molecule is COc1ccc(C(=O)N2CC[NH+](Cc3cc(OC)c(OC)c(OC)c3)CC2)cc1. The van der Waals surface area contributed by atoms with E-state index in [0.29, 0.717) is 22.8 Å². The second kappa shape index (κ2) is 9.52. The highest BCUT2D eigenvalue weighted by Crippen LogP contribution is 2.38. The number of nitrogens with one attached hydrogen (secondary N) is 1. The third-order valence-corrected chi connectivity index (χ3v) is 5.27. The van der Waals surface area contributed by atoms with Crippen LogP contribution in [-0.4, -0.2) is 65.4 Å². The number of carbonyl (C=O) groups excluding carboxylic acids is 1. The average Bonchev–Trinajstić information content (AvgIpc) is 2.78. The van der Waals surface area contributed by atoms with Crippen molar-refractivity contribution < 1.29 is 28.6 Å². The molecule has 0 aliphatic carbocycles. The van der Waals surface area contributed by atoms with E-state index in [1.54, 1.807) is 28.4 Å². The molecule has 2 aromatic carbocycles. The van der Waals surface area contributed by atoms with E-state index in [1.165, 1.54) is 4.90 Å². The molecule has 1 amide bonds.